The van der Waals surface area contributed by atoms with Crippen LogP contribution in [0.15, 0.2) is 30.3 Å². The van der Waals surface area contributed by atoms with E-state index in [9.17, 15) is 9.59 Å². The van der Waals surface area contributed by atoms with Crippen LogP contribution in [0.4, 0.5) is 0 Å². The SMILES string of the molecule is CC(C)N(Cc1ccccc1)C(=O)C1CC1C(=O)NCCCN(C)C. The highest BCUT2D eigenvalue weighted by molar-refractivity contribution is 5.92. The number of carbonyl (C=O) groups is 2. The Morgan fingerprint density at radius 2 is 1.84 bits per heavy atom. The summed E-state index contributed by atoms with van der Waals surface area (Å²) in [6, 6.07) is 10.1. The minimum absolute atomic E-state index is 0.0283. The summed E-state index contributed by atoms with van der Waals surface area (Å²) in [5.41, 5.74) is 1.12. The van der Waals surface area contributed by atoms with E-state index in [0.717, 1.165) is 18.5 Å². The molecular formula is C20H31N3O2. The summed E-state index contributed by atoms with van der Waals surface area (Å²) >= 11 is 0. The van der Waals surface area contributed by atoms with E-state index in [4.69, 9.17) is 0 Å². The fraction of sp³-hybridized carbons (Fsp3) is 0.600. The first kappa shape index (κ1) is 19.4. The Labute approximate surface area is 151 Å². The fourth-order valence-corrected chi connectivity index (χ4v) is 3.00. The molecule has 1 aliphatic rings. The van der Waals surface area contributed by atoms with Gasteiger partial charge in [0.1, 0.15) is 0 Å². The average molecular weight is 345 g/mol. The van der Waals surface area contributed by atoms with Gasteiger partial charge in [0.25, 0.3) is 0 Å². The van der Waals surface area contributed by atoms with Crippen LogP contribution in [0, 0.1) is 11.8 Å². The van der Waals surface area contributed by atoms with Crippen molar-refractivity contribution in [3.05, 3.63) is 35.9 Å². The molecule has 2 unspecified atom stereocenters. The zero-order valence-electron chi connectivity index (χ0n) is 15.9. The van der Waals surface area contributed by atoms with Gasteiger partial charge in [-0.1, -0.05) is 30.3 Å². The van der Waals surface area contributed by atoms with E-state index in [2.05, 4.69) is 10.2 Å². The number of carbonyl (C=O) groups excluding carboxylic acids is 2. The van der Waals surface area contributed by atoms with Crippen LogP contribution in [0.5, 0.6) is 0 Å². The molecule has 1 aromatic rings. The summed E-state index contributed by atoms with van der Waals surface area (Å²) in [6.07, 6.45) is 1.60. The monoisotopic (exact) mass is 345 g/mol. The molecule has 2 rings (SSSR count). The molecule has 0 aliphatic heterocycles. The van der Waals surface area contributed by atoms with Crippen LogP contribution in [0.2, 0.25) is 0 Å². The second-order valence-corrected chi connectivity index (χ2v) is 7.44. The van der Waals surface area contributed by atoms with Crippen LogP contribution < -0.4 is 5.32 Å². The third-order valence-corrected chi connectivity index (χ3v) is 4.63. The molecule has 0 bridgehead atoms. The molecule has 2 atom stereocenters. The normalized spacial score (nSPS) is 19.1. The van der Waals surface area contributed by atoms with Crippen LogP contribution in [-0.4, -0.2) is 54.8 Å². The topological polar surface area (TPSA) is 52.7 Å². The number of hydrogen-bond acceptors (Lipinski definition) is 3. The van der Waals surface area contributed by atoms with Crippen molar-refractivity contribution >= 4 is 11.8 Å². The van der Waals surface area contributed by atoms with Crippen molar-refractivity contribution in [2.45, 2.75) is 39.3 Å². The van der Waals surface area contributed by atoms with Gasteiger partial charge in [-0.05, 0) is 52.9 Å². The van der Waals surface area contributed by atoms with Crippen LogP contribution in [0.1, 0.15) is 32.3 Å². The maximum atomic E-state index is 12.8. The predicted molar refractivity (Wildman–Crippen MR) is 99.9 cm³/mol. The fourth-order valence-electron chi connectivity index (χ4n) is 3.00. The van der Waals surface area contributed by atoms with Gasteiger partial charge in [0.05, 0.1) is 11.8 Å². The molecule has 138 valence electrons. The Bertz CT molecular complexity index is 572. The molecule has 1 aromatic carbocycles. The summed E-state index contributed by atoms with van der Waals surface area (Å²) in [6.45, 7) is 6.28. The highest BCUT2D eigenvalue weighted by atomic mass is 16.2. The number of hydrogen-bond donors (Lipinski definition) is 1. The highest BCUT2D eigenvalue weighted by Crippen LogP contribution is 2.40. The van der Waals surface area contributed by atoms with E-state index in [1.807, 2.05) is 63.2 Å². The maximum Gasteiger partial charge on any atom is 0.227 e. The van der Waals surface area contributed by atoms with Gasteiger partial charge in [-0.15, -0.1) is 0 Å². The van der Waals surface area contributed by atoms with E-state index in [1.165, 1.54) is 0 Å². The lowest BCUT2D eigenvalue weighted by Crippen LogP contribution is -2.38. The number of nitrogens with one attached hydrogen (secondary N) is 1. The number of amides is 2. The van der Waals surface area contributed by atoms with Gasteiger partial charge in [0.2, 0.25) is 11.8 Å². The molecule has 0 spiro atoms. The van der Waals surface area contributed by atoms with E-state index < -0.39 is 0 Å². The molecule has 1 fully saturated rings. The van der Waals surface area contributed by atoms with Gasteiger partial charge in [0, 0.05) is 19.1 Å². The van der Waals surface area contributed by atoms with Gasteiger partial charge in [-0.2, -0.15) is 0 Å². The number of nitrogens with zero attached hydrogens (tertiary/aromatic N) is 2. The lowest BCUT2D eigenvalue weighted by Gasteiger charge is -2.27. The van der Waals surface area contributed by atoms with Crippen molar-refractivity contribution in [3.63, 3.8) is 0 Å². The highest BCUT2D eigenvalue weighted by Gasteiger charge is 2.49. The van der Waals surface area contributed by atoms with Crippen molar-refractivity contribution in [1.82, 2.24) is 15.1 Å². The summed E-state index contributed by atoms with van der Waals surface area (Å²) in [5.74, 6) is -0.170. The quantitative estimate of drug-likeness (QED) is 0.698. The van der Waals surface area contributed by atoms with Gasteiger partial charge in [0.15, 0.2) is 0 Å². The van der Waals surface area contributed by atoms with Crippen LogP contribution in [0.3, 0.4) is 0 Å². The zero-order chi connectivity index (χ0) is 18.4. The van der Waals surface area contributed by atoms with Crippen LogP contribution in [-0.2, 0) is 16.1 Å². The molecule has 1 saturated carbocycles. The molecular weight excluding hydrogens is 314 g/mol. The molecule has 0 saturated heterocycles. The molecule has 25 heavy (non-hydrogen) atoms. The first-order chi connectivity index (χ1) is 11.9. The zero-order valence-corrected chi connectivity index (χ0v) is 15.9. The summed E-state index contributed by atoms with van der Waals surface area (Å²) < 4.78 is 0. The van der Waals surface area contributed by atoms with E-state index in [-0.39, 0.29) is 29.7 Å². The van der Waals surface area contributed by atoms with Crippen molar-refractivity contribution < 1.29 is 9.59 Å². The standard InChI is InChI=1S/C20H31N3O2/c1-15(2)23(14-16-9-6-5-7-10-16)20(25)18-13-17(18)19(24)21-11-8-12-22(3)4/h5-7,9-10,15,17-18H,8,11-14H2,1-4H3,(H,21,24). The van der Waals surface area contributed by atoms with Crippen LogP contribution >= 0.6 is 0 Å². The lowest BCUT2D eigenvalue weighted by molar-refractivity contribution is -0.136. The molecule has 1 N–H and O–H groups in total. The van der Waals surface area contributed by atoms with E-state index >= 15 is 0 Å². The summed E-state index contributed by atoms with van der Waals surface area (Å²) in [5, 5.41) is 2.97. The van der Waals surface area contributed by atoms with Crippen molar-refractivity contribution in [2.24, 2.45) is 11.8 Å². The maximum absolute atomic E-state index is 12.8. The summed E-state index contributed by atoms with van der Waals surface area (Å²) in [7, 11) is 4.04. The Balaban J connectivity index is 1.84. The van der Waals surface area contributed by atoms with Gasteiger partial charge in [-0.25, -0.2) is 0 Å². The first-order valence-electron chi connectivity index (χ1n) is 9.17. The van der Waals surface area contributed by atoms with Gasteiger partial charge in [-0.3, -0.25) is 9.59 Å². The van der Waals surface area contributed by atoms with E-state index in [0.29, 0.717) is 19.5 Å². The minimum atomic E-state index is -0.153. The average Bonchev–Trinajstić information content (AvgIpc) is 3.37. The summed E-state index contributed by atoms with van der Waals surface area (Å²) in [4.78, 5) is 29.0. The van der Waals surface area contributed by atoms with Gasteiger partial charge < -0.3 is 15.1 Å². The minimum Gasteiger partial charge on any atom is -0.356 e. The Morgan fingerprint density at radius 3 is 2.44 bits per heavy atom. The third kappa shape index (κ3) is 5.85. The van der Waals surface area contributed by atoms with E-state index in [1.54, 1.807) is 0 Å². The predicted octanol–water partition coefficient (Wildman–Crippen LogP) is 2.13. The Hall–Kier alpha value is -1.88. The van der Waals surface area contributed by atoms with Gasteiger partial charge >= 0.3 is 0 Å². The number of benzene rings is 1. The molecule has 5 heteroatoms. The van der Waals surface area contributed by atoms with Crippen LogP contribution in [0.25, 0.3) is 0 Å². The largest absolute Gasteiger partial charge is 0.356 e. The molecule has 1 aliphatic carbocycles. The molecule has 5 nitrogen and oxygen atoms in total. The van der Waals surface area contributed by atoms with Crippen molar-refractivity contribution in [2.75, 3.05) is 27.2 Å². The molecule has 2 amide bonds. The molecule has 0 aromatic heterocycles. The van der Waals surface area contributed by atoms with Crippen molar-refractivity contribution in [3.8, 4) is 0 Å². The molecule has 0 heterocycles. The third-order valence-electron chi connectivity index (χ3n) is 4.63. The number of rotatable bonds is 9. The Morgan fingerprint density at radius 1 is 1.16 bits per heavy atom. The molecule has 0 radical (unpaired) electrons. The second kappa shape index (κ2) is 8.99. The second-order valence-electron chi connectivity index (χ2n) is 7.44. The smallest absolute Gasteiger partial charge is 0.227 e. The lowest BCUT2D eigenvalue weighted by atomic mass is 10.1. The van der Waals surface area contributed by atoms with Crippen molar-refractivity contribution in [1.29, 1.82) is 0 Å². The first-order valence-corrected chi connectivity index (χ1v) is 9.17. The Kier molecular flexibility index (Phi) is 7.00.